The lowest BCUT2D eigenvalue weighted by Gasteiger charge is -2.28. The molecule has 4 rings (SSSR count). The third-order valence-electron chi connectivity index (χ3n) is 6.08. The van der Waals surface area contributed by atoms with E-state index in [9.17, 15) is 19.5 Å². The molecule has 35 heavy (non-hydrogen) atoms. The van der Waals surface area contributed by atoms with Crippen LogP contribution in [0.5, 0.6) is 0 Å². The second-order valence-electron chi connectivity index (χ2n) is 9.73. The van der Waals surface area contributed by atoms with Crippen LogP contribution in [0.25, 0.3) is 22.2 Å². The predicted octanol–water partition coefficient (Wildman–Crippen LogP) is 4.44. The first kappa shape index (κ1) is 24.2. The molecule has 2 atom stereocenters. The molecule has 1 aliphatic heterocycles. The molecule has 1 N–H and O–H groups in total. The summed E-state index contributed by atoms with van der Waals surface area (Å²) in [5, 5.41) is 10.4. The maximum absolute atomic E-state index is 13.7. The normalized spacial score (nSPS) is 17.9. The van der Waals surface area contributed by atoms with Crippen LogP contribution in [0.4, 0.5) is 4.79 Å². The number of carbonyl (C=O) groups excluding carboxylic acids is 2. The molecule has 1 saturated heterocycles. The third kappa shape index (κ3) is 5.11. The molecule has 2 aromatic carbocycles. The van der Waals surface area contributed by atoms with Crippen LogP contribution < -0.4 is 0 Å². The predicted molar refractivity (Wildman–Crippen MR) is 132 cm³/mol. The van der Waals surface area contributed by atoms with Crippen molar-refractivity contribution in [2.75, 3.05) is 13.6 Å². The van der Waals surface area contributed by atoms with Crippen LogP contribution in [-0.4, -0.2) is 69.1 Å². The second kappa shape index (κ2) is 9.37. The van der Waals surface area contributed by atoms with E-state index in [1.54, 1.807) is 33.9 Å². The summed E-state index contributed by atoms with van der Waals surface area (Å²) < 4.78 is 5.41. The molecular weight excluding hydrogens is 446 g/mol. The van der Waals surface area contributed by atoms with E-state index in [4.69, 9.17) is 9.72 Å². The Bertz CT molecular complexity index is 1270. The van der Waals surface area contributed by atoms with Gasteiger partial charge in [0.25, 0.3) is 5.91 Å². The SMILES string of the molecule is CN(C(=O)c1cc(-c2ccccc2)nc2ccccc12)C1CC(C(=O)O)N(C(=O)OC(C)(C)C)C1. The maximum Gasteiger partial charge on any atom is 0.411 e. The van der Waals surface area contributed by atoms with E-state index in [1.807, 2.05) is 54.6 Å². The van der Waals surface area contributed by atoms with E-state index < -0.39 is 29.7 Å². The van der Waals surface area contributed by atoms with Crippen molar-refractivity contribution in [2.45, 2.75) is 44.9 Å². The molecule has 1 fully saturated rings. The lowest BCUT2D eigenvalue weighted by atomic mass is 10.0. The highest BCUT2D eigenvalue weighted by atomic mass is 16.6. The van der Waals surface area contributed by atoms with Gasteiger partial charge in [0.2, 0.25) is 0 Å². The number of hydrogen-bond acceptors (Lipinski definition) is 5. The van der Waals surface area contributed by atoms with Gasteiger partial charge in [0.15, 0.2) is 0 Å². The number of carboxylic acids is 1. The van der Waals surface area contributed by atoms with Gasteiger partial charge in [-0.25, -0.2) is 14.6 Å². The van der Waals surface area contributed by atoms with Crippen molar-refractivity contribution in [3.05, 3.63) is 66.2 Å². The van der Waals surface area contributed by atoms with E-state index in [1.165, 1.54) is 9.80 Å². The molecule has 8 heteroatoms. The van der Waals surface area contributed by atoms with Gasteiger partial charge in [-0.05, 0) is 32.9 Å². The number of carboxylic acid groups (broad SMARTS) is 1. The van der Waals surface area contributed by atoms with Gasteiger partial charge in [0.05, 0.1) is 22.8 Å². The summed E-state index contributed by atoms with van der Waals surface area (Å²) in [6.07, 6.45) is -0.584. The van der Waals surface area contributed by atoms with E-state index in [0.717, 1.165) is 5.56 Å². The summed E-state index contributed by atoms with van der Waals surface area (Å²) in [4.78, 5) is 45.8. The van der Waals surface area contributed by atoms with Crippen molar-refractivity contribution in [3.63, 3.8) is 0 Å². The first-order valence-corrected chi connectivity index (χ1v) is 11.5. The number of likely N-dealkylation sites (N-methyl/N-ethyl adjacent to an activating group) is 1. The molecule has 0 bridgehead atoms. The molecule has 2 heterocycles. The van der Waals surface area contributed by atoms with Crippen LogP contribution in [-0.2, 0) is 9.53 Å². The fourth-order valence-corrected chi connectivity index (χ4v) is 4.32. The molecule has 2 unspecified atom stereocenters. The fourth-order valence-electron chi connectivity index (χ4n) is 4.32. The summed E-state index contributed by atoms with van der Waals surface area (Å²) in [5.74, 6) is -1.39. The van der Waals surface area contributed by atoms with Gasteiger partial charge in [-0.3, -0.25) is 9.69 Å². The molecule has 1 aliphatic rings. The second-order valence-corrected chi connectivity index (χ2v) is 9.73. The third-order valence-corrected chi connectivity index (χ3v) is 6.08. The number of nitrogens with zero attached hydrogens (tertiary/aromatic N) is 3. The molecule has 182 valence electrons. The van der Waals surface area contributed by atoms with Crippen molar-refractivity contribution < 1.29 is 24.2 Å². The van der Waals surface area contributed by atoms with Crippen molar-refractivity contribution in [2.24, 2.45) is 0 Å². The summed E-state index contributed by atoms with van der Waals surface area (Å²) in [6, 6.07) is 17.3. The molecule has 0 aliphatic carbocycles. The summed E-state index contributed by atoms with van der Waals surface area (Å²) >= 11 is 0. The van der Waals surface area contributed by atoms with Crippen LogP contribution in [0.2, 0.25) is 0 Å². The number of para-hydroxylation sites is 1. The first-order chi connectivity index (χ1) is 16.5. The molecule has 0 saturated carbocycles. The van der Waals surface area contributed by atoms with E-state index in [0.29, 0.717) is 22.2 Å². The average molecular weight is 476 g/mol. The highest BCUT2D eigenvalue weighted by Gasteiger charge is 2.44. The number of carbonyl (C=O) groups is 3. The highest BCUT2D eigenvalue weighted by molar-refractivity contribution is 6.07. The lowest BCUT2D eigenvalue weighted by molar-refractivity contribution is -0.142. The Balaban J connectivity index is 1.66. The summed E-state index contributed by atoms with van der Waals surface area (Å²) in [5.41, 5.74) is 1.96. The zero-order chi connectivity index (χ0) is 25.3. The Morgan fingerprint density at radius 3 is 2.37 bits per heavy atom. The molecule has 8 nitrogen and oxygen atoms in total. The number of aromatic nitrogens is 1. The van der Waals surface area contributed by atoms with Gasteiger partial charge < -0.3 is 14.7 Å². The van der Waals surface area contributed by atoms with Crippen LogP contribution >= 0.6 is 0 Å². The van der Waals surface area contributed by atoms with Gasteiger partial charge >= 0.3 is 12.1 Å². The first-order valence-electron chi connectivity index (χ1n) is 11.5. The van der Waals surface area contributed by atoms with E-state index in [-0.39, 0.29) is 18.9 Å². The minimum absolute atomic E-state index is 0.0721. The van der Waals surface area contributed by atoms with Crippen LogP contribution in [0.1, 0.15) is 37.6 Å². The number of amides is 2. The highest BCUT2D eigenvalue weighted by Crippen LogP contribution is 2.29. The Morgan fingerprint density at radius 2 is 1.71 bits per heavy atom. The molecular formula is C27H29N3O5. The number of rotatable bonds is 4. The Hall–Kier alpha value is -3.94. The quantitative estimate of drug-likeness (QED) is 0.599. The fraction of sp³-hybridized carbons (Fsp3) is 0.333. The Labute approximate surface area is 204 Å². The van der Waals surface area contributed by atoms with Crippen molar-refractivity contribution >= 4 is 28.9 Å². The summed E-state index contributed by atoms with van der Waals surface area (Å²) in [6.45, 7) is 5.25. The zero-order valence-corrected chi connectivity index (χ0v) is 20.3. The number of aliphatic carboxylic acids is 1. The van der Waals surface area contributed by atoms with Gasteiger partial charge in [0, 0.05) is 31.0 Å². The Morgan fingerprint density at radius 1 is 1.06 bits per heavy atom. The van der Waals surface area contributed by atoms with E-state index in [2.05, 4.69) is 0 Å². The van der Waals surface area contributed by atoms with Crippen molar-refractivity contribution in [1.29, 1.82) is 0 Å². The number of hydrogen-bond donors (Lipinski definition) is 1. The van der Waals surface area contributed by atoms with Gasteiger partial charge in [-0.2, -0.15) is 0 Å². The number of likely N-dealkylation sites (tertiary alicyclic amines) is 1. The average Bonchev–Trinajstić information content (AvgIpc) is 3.28. The minimum Gasteiger partial charge on any atom is -0.480 e. The molecule has 1 aromatic heterocycles. The van der Waals surface area contributed by atoms with Gasteiger partial charge in [-0.15, -0.1) is 0 Å². The number of fused-ring (bicyclic) bond motifs is 1. The molecule has 2 amide bonds. The van der Waals surface area contributed by atoms with Crippen molar-refractivity contribution in [1.82, 2.24) is 14.8 Å². The minimum atomic E-state index is -1.13. The largest absolute Gasteiger partial charge is 0.480 e. The summed E-state index contributed by atoms with van der Waals surface area (Å²) in [7, 11) is 1.64. The van der Waals surface area contributed by atoms with Crippen molar-refractivity contribution in [3.8, 4) is 11.3 Å². The molecule has 0 spiro atoms. The smallest absolute Gasteiger partial charge is 0.411 e. The Kier molecular flexibility index (Phi) is 6.47. The standard InChI is InChI=1S/C27H29N3O5/c1-27(2,3)35-26(34)30-16-18(14-23(30)25(32)33)29(4)24(31)20-15-22(17-10-6-5-7-11-17)28-21-13-9-8-12-19(20)21/h5-13,15,18,23H,14,16H2,1-4H3,(H,32,33). The number of benzene rings is 2. The van der Waals surface area contributed by atoms with Gasteiger partial charge in [-0.1, -0.05) is 48.5 Å². The monoisotopic (exact) mass is 475 g/mol. The topological polar surface area (TPSA) is 100 Å². The molecule has 0 radical (unpaired) electrons. The lowest BCUT2D eigenvalue weighted by Crippen LogP contribution is -2.44. The number of pyridine rings is 1. The van der Waals surface area contributed by atoms with Crippen LogP contribution in [0.3, 0.4) is 0 Å². The van der Waals surface area contributed by atoms with Gasteiger partial charge in [0.1, 0.15) is 11.6 Å². The van der Waals surface area contributed by atoms with E-state index >= 15 is 0 Å². The van der Waals surface area contributed by atoms with Crippen LogP contribution in [0, 0.1) is 0 Å². The number of ether oxygens (including phenoxy) is 1. The van der Waals surface area contributed by atoms with Crippen LogP contribution in [0.15, 0.2) is 60.7 Å². The zero-order valence-electron chi connectivity index (χ0n) is 20.3. The molecule has 3 aromatic rings. The maximum atomic E-state index is 13.7.